The van der Waals surface area contributed by atoms with Crippen LogP contribution in [0, 0.1) is 0 Å². The van der Waals surface area contributed by atoms with Crippen LogP contribution in [-0.4, -0.2) is 68.4 Å². The maximum absolute atomic E-state index is 12.9. The van der Waals surface area contributed by atoms with Gasteiger partial charge in [0.15, 0.2) is 11.7 Å². The minimum absolute atomic E-state index is 0.0746. The van der Waals surface area contributed by atoms with Crippen LogP contribution >= 0.6 is 0 Å². The van der Waals surface area contributed by atoms with Gasteiger partial charge in [-0.05, 0) is 19.3 Å². The fourth-order valence-corrected chi connectivity index (χ4v) is 7.47. The third-order valence-corrected chi connectivity index (χ3v) is 9.96. The first-order valence-electron chi connectivity index (χ1n) is 14.7. The second-order valence-corrected chi connectivity index (χ2v) is 12.8. The number of nitrogens with zero attached hydrogens (tertiary/aromatic N) is 5. The number of rotatable bonds is 6. The van der Waals surface area contributed by atoms with Crippen LogP contribution in [0.15, 0.2) is 70.0 Å². The predicted molar refractivity (Wildman–Crippen MR) is 163 cm³/mol. The highest BCUT2D eigenvalue weighted by molar-refractivity contribution is 7.85. The van der Waals surface area contributed by atoms with E-state index in [1.807, 2.05) is 43.4 Å². The Morgan fingerprint density at radius 2 is 1.62 bits per heavy atom. The molecule has 0 bridgehead atoms. The van der Waals surface area contributed by atoms with Gasteiger partial charge in [-0.1, -0.05) is 60.7 Å². The molecular weight excluding hydrogens is 548 g/mol. The Bertz CT molecular complexity index is 1560. The molecule has 5 heterocycles. The zero-order chi connectivity index (χ0) is 28.6. The number of anilines is 2. The summed E-state index contributed by atoms with van der Waals surface area (Å²) in [6.07, 6.45) is 3.67. The smallest absolute Gasteiger partial charge is 0.227 e. The summed E-state index contributed by atoms with van der Waals surface area (Å²) in [5.74, 6) is 3.84. The van der Waals surface area contributed by atoms with E-state index >= 15 is 0 Å². The van der Waals surface area contributed by atoms with Crippen LogP contribution in [0.25, 0.3) is 22.6 Å². The molecule has 7 rings (SSSR count). The Hall–Kier alpha value is -4.05. The van der Waals surface area contributed by atoms with E-state index in [0.29, 0.717) is 36.9 Å². The van der Waals surface area contributed by atoms with Crippen molar-refractivity contribution in [2.24, 2.45) is 0 Å². The minimum Gasteiger partial charge on any atom is -0.440 e. The van der Waals surface area contributed by atoms with Gasteiger partial charge in [0, 0.05) is 68.4 Å². The Balaban J connectivity index is 1.11. The van der Waals surface area contributed by atoms with E-state index in [4.69, 9.17) is 19.4 Å². The topological polar surface area (TPSA) is 104 Å². The quantitative estimate of drug-likeness (QED) is 0.343. The number of benzene rings is 2. The Labute approximate surface area is 247 Å². The van der Waals surface area contributed by atoms with E-state index in [2.05, 4.69) is 34.5 Å². The molecule has 2 saturated heterocycles. The normalized spacial score (nSPS) is 21.0. The van der Waals surface area contributed by atoms with E-state index in [0.717, 1.165) is 71.4 Å². The summed E-state index contributed by atoms with van der Waals surface area (Å²) < 4.78 is 19.4. The molecule has 1 amide bonds. The standard InChI is InChI=1S/C32H34N6O3S/c1-37-20-24(12-13-26(37)39)33-30-29-25(16-19-42(29)40)34-32(36-30)38-17-14-23(15-18-38)31-35-27(21-8-4-2-5-9-21)28(41-31)22-10-6-3-7-11-22/h2-11,23-24H,12-20H2,1H3,(H,33,34,36). The number of carbonyl (C=O) groups excluding carboxylic acids is 1. The van der Waals surface area contributed by atoms with Crippen LogP contribution in [-0.2, 0) is 22.0 Å². The second-order valence-electron chi connectivity index (χ2n) is 11.3. The summed E-state index contributed by atoms with van der Waals surface area (Å²) in [6.45, 7) is 2.16. The number of hydrogen-bond acceptors (Lipinski definition) is 8. The van der Waals surface area contributed by atoms with Crippen LogP contribution in [0.4, 0.5) is 11.8 Å². The average molecular weight is 583 g/mol. The molecule has 2 fully saturated rings. The number of likely N-dealkylation sites (tertiary alicyclic amines) is 1. The monoisotopic (exact) mass is 582 g/mol. The lowest BCUT2D eigenvalue weighted by molar-refractivity contribution is -0.132. The number of carbonyl (C=O) groups is 1. The predicted octanol–water partition coefficient (Wildman–Crippen LogP) is 4.88. The highest BCUT2D eigenvalue weighted by Crippen LogP contribution is 2.38. The first-order valence-corrected chi connectivity index (χ1v) is 16.0. The molecule has 3 aliphatic heterocycles. The first kappa shape index (κ1) is 26.8. The van der Waals surface area contributed by atoms with Gasteiger partial charge in [0.1, 0.15) is 16.4 Å². The van der Waals surface area contributed by atoms with Crippen molar-refractivity contribution < 1.29 is 13.4 Å². The van der Waals surface area contributed by atoms with E-state index < -0.39 is 10.8 Å². The van der Waals surface area contributed by atoms with Crippen molar-refractivity contribution in [3.8, 4) is 22.6 Å². The number of piperidine rings is 2. The van der Waals surface area contributed by atoms with Gasteiger partial charge in [-0.15, -0.1) is 0 Å². The molecule has 4 aromatic rings. The highest BCUT2D eigenvalue weighted by atomic mass is 32.2. The number of fused-ring (bicyclic) bond motifs is 1. The molecular formula is C32H34N6O3S. The lowest BCUT2D eigenvalue weighted by Gasteiger charge is -2.32. The van der Waals surface area contributed by atoms with Gasteiger partial charge in [0.2, 0.25) is 11.9 Å². The van der Waals surface area contributed by atoms with Gasteiger partial charge < -0.3 is 19.5 Å². The fourth-order valence-electron chi connectivity index (χ4n) is 6.16. The second kappa shape index (κ2) is 11.3. The average Bonchev–Trinajstić information content (AvgIpc) is 3.64. The van der Waals surface area contributed by atoms with Crippen molar-refractivity contribution >= 4 is 28.5 Å². The fraction of sp³-hybridized carbons (Fsp3) is 0.375. The van der Waals surface area contributed by atoms with Gasteiger partial charge >= 0.3 is 0 Å². The first-order chi connectivity index (χ1) is 20.5. The van der Waals surface area contributed by atoms with E-state index in [9.17, 15) is 9.00 Å². The molecule has 2 aromatic heterocycles. The largest absolute Gasteiger partial charge is 0.440 e. The van der Waals surface area contributed by atoms with Crippen molar-refractivity contribution in [3.05, 3.63) is 72.2 Å². The summed E-state index contributed by atoms with van der Waals surface area (Å²) in [7, 11) is 0.715. The summed E-state index contributed by atoms with van der Waals surface area (Å²) in [5.41, 5.74) is 3.81. The van der Waals surface area contributed by atoms with E-state index in [1.54, 1.807) is 4.90 Å². The number of likely N-dealkylation sites (N-methyl/N-ethyl adjacent to an activating group) is 1. The third-order valence-electron chi connectivity index (χ3n) is 8.50. The molecule has 10 heteroatoms. The molecule has 42 heavy (non-hydrogen) atoms. The van der Waals surface area contributed by atoms with Crippen molar-refractivity contribution in [2.75, 3.05) is 42.7 Å². The molecule has 2 atom stereocenters. The molecule has 2 unspecified atom stereocenters. The van der Waals surface area contributed by atoms with E-state index in [-0.39, 0.29) is 17.9 Å². The molecule has 0 radical (unpaired) electrons. The number of aryl methyl sites for hydroxylation is 1. The number of oxazole rings is 1. The summed E-state index contributed by atoms with van der Waals surface area (Å²) >= 11 is 0. The number of nitrogens with one attached hydrogen (secondary N) is 1. The van der Waals surface area contributed by atoms with E-state index in [1.165, 1.54) is 0 Å². The van der Waals surface area contributed by atoms with Crippen LogP contribution in [0.1, 0.15) is 43.2 Å². The van der Waals surface area contributed by atoms with Gasteiger partial charge in [-0.3, -0.25) is 9.00 Å². The molecule has 0 aliphatic carbocycles. The van der Waals surface area contributed by atoms with Crippen molar-refractivity contribution in [2.45, 2.75) is 49.0 Å². The third kappa shape index (κ3) is 5.19. The van der Waals surface area contributed by atoms with Gasteiger partial charge in [-0.2, -0.15) is 4.98 Å². The molecule has 0 spiro atoms. The lowest BCUT2D eigenvalue weighted by atomic mass is 9.97. The highest BCUT2D eigenvalue weighted by Gasteiger charge is 2.32. The zero-order valence-corrected chi connectivity index (χ0v) is 24.5. The number of hydrogen-bond donors (Lipinski definition) is 1. The van der Waals surface area contributed by atoms with Crippen LogP contribution in [0.3, 0.4) is 0 Å². The maximum Gasteiger partial charge on any atom is 0.227 e. The SMILES string of the molecule is CN1CC(Nc2nc(N3CCC(c4nc(-c5ccccc5)c(-c5ccccc5)o4)CC3)nc3c2S(=O)CC3)CCC1=O. The molecule has 2 aromatic carbocycles. The Kier molecular flexibility index (Phi) is 7.23. The lowest BCUT2D eigenvalue weighted by Crippen LogP contribution is -2.43. The Morgan fingerprint density at radius 1 is 0.905 bits per heavy atom. The molecule has 0 saturated carbocycles. The summed E-state index contributed by atoms with van der Waals surface area (Å²) in [4.78, 5) is 31.5. The molecule has 216 valence electrons. The molecule has 1 N–H and O–H groups in total. The van der Waals surface area contributed by atoms with Gasteiger partial charge in [-0.25, -0.2) is 9.97 Å². The van der Waals surface area contributed by atoms with Gasteiger partial charge in [0.25, 0.3) is 0 Å². The summed E-state index contributed by atoms with van der Waals surface area (Å²) in [5, 5.41) is 3.53. The van der Waals surface area contributed by atoms with Crippen LogP contribution < -0.4 is 10.2 Å². The minimum atomic E-state index is -1.11. The van der Waals surface area contributed by atoms with Gasteiger partial charge in [0.05, 0.1) is 16.5 Å². The zero-order valence-electron chi connectivity index (χ0n) is 23.7. The summed E-state index contributed by atoms with van der Waals surface area (Å²) in [6, 6.07) is 20.5. The van der Waals surface area contributed by atoms with Crippen molar-refractivity contribution in [1.29, 1.82) is 0 Å². The number of aromatic nitrogens is 3. The van der Waals surface area contributed by atoms with Crippen LogP contribution in [0.5, 0.6) is 0 Å². The van der Waals surface area contributed by atoms with Crippen molar-refractivity contribution in [3.63, 3.8) is 0 Å². The number of amides is 1. The molecule has 3 aliphatic rings. The van der Waals surface area contributed by atoms with Crippen LogP contribution in [0.2, 0.25) is 0 Å². The van der Waals surface area contributed by atoms with Crippen molar-refractivity contribution in [1.82, 2.24) is 19.9 Å². The maximum atomic E-state index is 12.9. The Morgan fingerprint density at radius 3 is 2.33 bits per heavy atom. The molecule has 9 nitrogen and oxygen atoms in total.